The molecule has 0 bridgehead atoms. The summed E-state index contributed by atoms with van der Waals surface area (Å²) in [4.78, 5) is 12.0. The van der Waals surface area contributed by atoms with E-state index in [0.717, 1.165) is 5.56 Å². The molecule has 2 rings (SSSR count). The van der Waals surface area contributed by atoms with Gasteiger partial charge in [0, 0.05) is 11.6 Å². The summed E-state index contributed by atoms with van der Waals surface area (Å²) in [5.41, 5.74) is 1.61. The van der Waals surface area contributed by atoms with Crippen LogP contribution in [0.2, 0.25) is 0 Å². The first-order valence-electron chi connectivity index (χ1n) is 7.24. The molecule has 0 radical (unpaired) electrons. The van der Waals surface area contributed by atoms with Crippen LogP contribution in [0.5, 0.6) is 5.75 Å². The van der Waals surface area contributed by atoms with Crippen LogP contribution in [0, 0.1) is 16.7 Å². The number of ether oxygens (including phenoxy) is 1. The number of aromatic nitrogens is 2. The fourth-order valence-electron chi connectivity index (χ4n) is 1.96. The number of anilines is 1. The summed E-state index contributed by atoms with van der Waals surface area (Å²) in [6.45, 7) is 6.07. The molecule has 0 spiro atoms. The van der Waals surface area contributed by atoms with Gasteiger partial charge in [-0.2, -0.15) is 10.4 Å². The second-order valence-electron chi connectivity index (χ2n) is 6.28. The maximum atomic E-state index is 12.0. The number of amides is 1. The van der Waals surface area contributed by atoms with Crippen LogP contribution < -0.4 is 10.1 Å². The maximum Gasteiger partial charge on any atom is 0.229 e. The van der Waals surface area contributed by atoms with Gasteiger partial charge in [-0.1, -0.05) is 26.8 Å². The third kappa shape index (κ3) is 4.10. The van der Waals surface area contributed by atoms with Crippen molar-refractivity contribution in [2.75, 3.05) is 12.4 Å². The summed E-state index contributed by atoms with van der Waals surface area (Å²) < 4.78 is 6.84. The van der Waals surface area contributed by atoms with Crippen LogP contribution in [0.4, 0.5) is 5.69 Å². The van der Waals surface area contributed by atoms with Gasteiger partial charge in [-0.3, -0.25) is 9.48 Å². The van der Waals surface area contributed by atoms with Crippen molar-refractivity contribution in [3.05, 3.63) is 41.7 Å². The highest BCUT2D eigenvalue weighted by Gasteiger charge is 2.21. The SMILES string of the molecule is COc1ccc(Cn2cc(NC(=O)C(C)(C)C)cn2)cc1C#N. The smallest absolute Gasteiger partial charge is 0.229 e. The fourth-order valence-corrected chi connectivity index (χ4v) is 1.96. The molecule has 0 saturated carbocycles. The molecule has 0 fully saturated rings. The number of hydrogen-bond donors (Lipinski definition) is 1. The minimum absolute atomic E-state index is 0.0618. The van der Waals surface area contributed by atoms with E-state index in [9.17, 15) is 4.79 Å². The first-order chi connectivity index (χ1) is 10.8. The Morgan fingerprint density at radius 2 is 2.17 bits per heavy atom. The first-order valence-corrected chi connectivity index (χ1v) is 7.24. The van der Waals surface area contributed by atoms with Crippen LogP contribution in [0.25, 0.3) is 0 Å². The van der Waals surface area contributed by atoms with Crippen molar-refractivity contribution in [3.63, 3.8) is 0 Å². The summed E-state index contributed by atoms with van der Waals surface area (Å²) in [5, 5.41) is 16.2. The molecule has 0 aliphatic rings. The average Bonchev–Trinajstić information content (AvgIpc) is 2.93. The molecule has 1 amide bonds. The van der Waals surface area contributed by atoms with Crippen molar-refractivity contribution in [1.82, 2.24) is 9.78 Å². The van der Waals surface area contributed by atoms with Crippen LogP contribution in [0.15, 0.2) is 30.6 Å². The Labute approximate surface area is 135 Å². The first kappa shape index (κ1) is 16.6. The van der Waals surface area contributed by atoms with Crippen LogP contribution in [-0.2, 0) is 11.3 Å². The van der Waals surface area contributed by atoms with Gasteiger partial charge < -0.3 is 10.1 Å². The van der Waals surface area contributed by atoms with Gasteiger partial charge in [0.15, 0.2) is 0 Å². The van der Waals surface area contributed by atoms with Crippen molar-refractivity contribution < 1.29 is 9.53 Å². The number of benzene rings is 1. The van der Waals surface area contributed by atoms with Gasteiger partial charge >= 0.3 is 0 Å². The summed E-state index contributed by atoms with van der Waals surface area (Å²) in [6, 6.07) is 7.53. The molecule has 1 N–H and O–H groups in total. The Balaban J connectivity index is 2.11. The summed E-state index contributed by atoms with van der Waals surface area (Å²) >= 11 is 0. The Hall–Kier alpha value is -2.81. The molecule has 0 unspecified atom stereocenters. The van der Waals surface area contributed by atoms with Crippen LogP contribution in [0.3, 0.4) is 0 Å². The average molecular weight is 312 g/mol. The number of carbonyl (C=O) groups is 1. The molecular formula is C17H20N4O2. The predicted molar refractivity (Wildman–Crippen MR) is 87.1 cm³/mol. The summed E-state index contributed by atoms with van der Waals surface area (Å²) in [6.07, 6.45) is 3.37. The van der Waals surface area contributed by atoms with Crippen molar-refractivity contribution in [2.45, 2.75) is 27.3 Å². The zero-order valence-electron chi connectivity index (χ0n) is 13.8. The number of nitrogens with zero attached hydrogens (tertiary/aromatic N) is 3. The van der Waals surface area contributed by atoms with E-state index in [4.69, 9.17) is 10.00 Å². The molecule has 0 atom stereocenters. The minimum Gasteiger partial charge on any atom is -0.495 e. The number of nitrogens with one attached hydrogen (secondary N) is 1. The van der Waals surface area contributed by atoms with Crippen LogP contribution >= 0.6 is 0 Å². The molecule has 0 aliphatic heterocycles. The number of nitriles is 1. The van der Waals surface area contributed by atoms with E-state index in [2.05, 4.69) is 16.5 Å². The molecule has 6 heteroatoms. The van der Waals surface area contributed by atoms with Gasteiger partial charge in [0.2, 0.25) is 5.91 Å². The topological polar surface area (TPSA) is 79.9 Å². The Morgan fingerprint density at radius 3 is 2.78 bits per heavy atom. The number of carbonyl (C=O) groups excluding carboxylic acids is 1. The highest BCUT2D eigenvalue weighted by atomic mass is 16.5. The van der Waals surface area contributed by atoms with Crippen molar-refractivity contribution in [2.24, 2.45) is 5.41 Å². The number of hydrogen-bond acceptors (Lipinski definition) is 4. The van der Waals surface area contributed by atoms with E-state index in [0.29, 0.717) is 23.5 Å². The summed E-state index contributed by atoms with van der Waals surface area (Å²) in [7, 11) is 1.54. The lowest BCUT2D eigenvalue weighted by Gasteiger charge is -2.16. The van der Waals surface area contributed by atoms with Gasteiger partial charge in [-0.15, -0.1) is 0 Å². The fraction of sp³-hybridized carbons (Fsp3) is 0.353. The molecule has 1 aromatic carbocycles. The summed E-state index contributed by atoms with van der Waals surface area (Å²) in [5.74, 6) is 0.489. The zero-order valence-corrected chi connectivity index (χ0v) is 13.8. The molecule has 1 aromatic heterocycles. The van der Waals surface area contributed by atoms with Crippen LogP contribution in [0.1, 0.15) is 31.9 Å². The number of rotatable bonds is 4. The van der Waals surface area contributed by atoms with E-state index in [1.807, 2.05) is 26.8 Å². The van der Waals surface area contributed by atoms with E-state index in [1.165, 1.54) is 7.11 Å². The third-order valence-corrected chi connectivity index (χ3v) is 3.30. The molecule has 23 heavy (non-hydrogen) atoms. The lowest BCUT2D eigenvalue weighted by Crippen LogP contribution is -2.27. The van der Waals surface area contributed by atoms with Gasteiger partial charge in [-0.05, 0) is 17.7 Å². The quantitative estimate of drug-likeness (QED) is 0.941. The standard InChI is InChI=1S/C17H20N4O2/c1-17(2,3)16(22)20-14-9-19-21(11-14)10-12-5-6-15(23-4)13(7-12)8-18/h5-7,9,11H,10H2,1-4H3,(H,20,22). The van der Waals surface area contributed by atoms with E-state index in [-0.39, 0.29) is 5.91 Å². The van der Waals surface area contributed by atoms with E-state index in [1.54, 1.807) is 29.2 Å². The molecule has 0 aliphatic carbocycles. The molecule has 6 nitrogen and oxygen atoms in total. The molecule has 0 saturated heterocycles. The highest BCUT2D eigenvalue weighted by Crippen LogP contribution is 2.20. The van der Waals surface area contributed by atoms with Gasteiger partial charge in [0.05, 0.1) is 31.1 Å². The van der Waals surface area contributed by atoms with Crippen LogP contribution in [-0.4, -0.2) is 22.8 Å². The highest BCUT2D eigenvalue weighted by molar-refractivity contribution is 5.94. The molecular weight excluding hydrogens is 292 g/mol. The Bertz CT molecular complexity index is 751. The predicted octanol–water partition coefficient (Wildman–Crippen LogP) is 2.80. The second-order valence-corrected chi connectivity index (χ2v) is 6.28. The lowest BCUT2D eigenvalue weighted by atomic mass is 9.96. The van der Waals surface area contributed by atoms with E-state index < -0.39 is 5.41 Å². The van der Waals surface area contributed by atoms with Gasteiger partial charge in [0.1, 0.15) is 11.8 Å². The van der Waals surface area contributed by atoms with Gasteiger partial charge in [-0.25, -0.2) is 0 Å². The largest absolute Gasteiger partial charge is 0.495 e. The van der Waals surface area contributed by atoms with Crippen molar-refractivity contribution in [1.29, 1.82) is 5.26 Å². The normalized spacial score (nSPS) is 10.9. The molecule has 2 aromatic rings. The monoisotopic (exact) mass is 312 g/mol. The third-order valence-electron chi connectivity index (χ3n) is 3.30. The Morgan fingerprint density at radius 1 is 1.43 bits per heavy atom. The van der Waals surface area contributed by atoms with Gasteiger partial charge in [0.25, 0.3) is 0 Å². The Kier molecular flexibility index (Phi) is 4.70. The lowest BCUT2D eigenvalue weighted by molar-refractivity contribution is -0.123. The maximum absolute atomic E-state index is 12.0. The second kappa shape index (κ2) is 6.53. The van der Waals surface area contributed by atoms with Crippen molar-refractivity contribution >= 4 is 11.6 Å². The van der Waals surface area contributed by atoms with E-state index >= 15 is 0 Å². The zero-order chi connectivity index (χ0) is 17.0. The molecule has 1 heterocycles. The number of methoxy groups -OCH3 is 1. The minimum atomic E-state index is -0.459. The van der Waals surface area contributed by atoms with Crippen molar-refractivity contribution in [3.8, 4) is 11.8 Å². The molecule has 120 valence electrons.